The van der Waals surface area contributed by atoms with E-state index in [2.05, 4.69) is 11.1 Å². The quantitative estimate of drug-likeness (QED) is 0.247. The first-order valence-electron chi connectivity index (χ1n) is 11.5. The molecular formula is C29H32F2N4O. The molecule has 4 N–H and O–H groups in total. The molecule has 2 aromatic carbocycles. The lowest BCUT2D eigenvalue weighted by Gasteiger charge is -2.16. The summed E-state index contributed by atoms with van der Waals surface area (Å²) in [6.45, 7) is 4.67. The molecular weight excluding hydrogens is 458 g/mol. The van der Waals surface area contributed by atoms with Crippen molar-refractivity contribution >= 4 is 17.2 Å². The van der Waals surface area contributed by atoms with Crippen LogP contribution in [0.15, 0.2) is 89.0 Å². The van der Waals surface area contributed by atoms with Crippen molar-refractivity contribution in [2.24, 2.45) is 16.5 Å². The molecule has 7 heteroatoms. The standard InChI is InChI=1S/C29H32F2N4O/c1-5-20(2)15-24(29(30,31)19-33)13-11-21(3)25-14-12-22(18-32)16-27(25)36-28(35-4)17-26(34)23-9-7-6-8-10-23/h6-17H,5,19,33-34H2,1-4H3/b20-15+,21-11+,24-13+,26-17?,35-28?. The van der Waals surface area contributed by atoms with Gasteiger partial charge in [-0.2, -0.15) is 14.0 Å². The Hall–Kier alpha value is -4.02. The van der Waals surface area contributed by atoms with Crippen molar-refractivity contribution < 1.29 is 13.5 Å². The highest BCUT2D eigenvalue weighted by Gasteiger charge is 2.30. The fraction of sp³-hybridized carbons (Fsp3) is 0.241. The van der Waals surface area contributed by atoms with Crippen LogP contribution in [0.4, 0.5) is 8.78 Å². The van der Waals surface area contributed by atoms with Crippen LogP contribution in [0.3, 0.4) is 0 Å². The topological polar surface area (TPSA) is 97.4 Å². The number of ether oxygens (including phenoxy) is 1. The highest BCUT2D eigenvalue weighted by Crippen LogP contribution is 2.30. The number of benzene rings is 2. The van der Waals surface area contributed by atoms with Crippen molar-refractivity contribution in [3.63, 3.8) is 0 Å². The third kappa shape index (κ3) is 7.76. The maximum Gasteiger partial charge on any atom is 0.285 e. The lowest BCUT2D eigenvalue weighted by atomic mass is 10.0. The summed E-state index contributed by atoms with van der Waals surface area (Å²) in [5, 5.41) is 9.38. The zero-order valence-corrected chi connectivity index (χ0v) is 21.1. The maximum atomic E-state index is 14.5. The summed E-state index contributed by atoms with van der Waals surface area (Å²) in [5.41, 5.74) is 15.1. The molecule has 0 radical (unpaired) electrons. The first-order chi connectivity index (χ1) is 17.1. The Bertz CT molecular complexity index is 1250. The predicted octanol–water partition coefficient (Wildman–Crippen LogP) is 6.25. The van der Waals surface area contributed by atoms with E-state index in [9.17, 15) is 14.0 Å². The smallest absolute Gasteiger partial charge is 0.285 e. The first kappa shape index (κ1) is 28.2. The van der Waals surface area contributed by atoms with Gasteiger partial charge in [-0.3, -0.25) is 4.99 Å². The molecule has 0 aliphatic heterocycles. The monoisotopic (exact) mass is 490 g/mol. The summed E-state index contributed by atoms with van der Waals surface area (Å²) in [4.78, 5) is 4.17. The lowest BCUT2D eigenvalue weighted by Crippen LogP contribution is -2.29. The Balaban J connectivity index is 2.51. The third-order valence-corrected chi connectivity index (χ3v) is 5.51. The summed E-state index contributed by atoms with van der Waals surface area (Å²) >= 11 is 0. The predicted molar refractivity (Wildman–Crippen MR) is 144 cm³/mol. The van der Waals surface area contributed by atoms with Crippen molar-refractivity contribution in [2.75, 3.05) is 13.6 Å². The highest BCUT2D eigenvalue weighted by atomic mass is 19.3. The van der Waals surface area contributed by atoms with E-state index in [0.29, 0.717) is 34.6 Å². The minimum atomic E-state index is -3.17. The minimum absolute atomic E-state index is 0.172. The summed E-state index contributed by atoms with van der Waals surface area (Å²) < 4.78 is 35.0. The summed E-state index contributed by atoms with van der Waals surface area (Å²) in [6.07, 6.45) is 6.66. The van der Waals surface area contributed by atoms with Gasteiger partial charge in [0, 0.05) is 30.0 Å². The second-order valence-corrected chi connectivity index (χ2v) is 8.18. The number of hydrogen-bond acceptors (Lipinski definition) is 5. The van der Waals surface area contributed by atoms with Gasteiger partial charge in [-0.15, -0.1) is 0 Å². The molecule has 0 atom stereocenters. The normalized spacial score (nSPS) is 14.0. The van der Waals surface area contributed by atoms with Crippen molar-refractivity contribution in [1.82, 2.24) is 0 Å². The average Bonchev–Trinajstić information content (AvgIpc) is 2.90. The Labute approximate surface area is 211 Å². The number of nitrogens with zero attached hydrogens (tertiary/aromatic N) is 2. The maximum absolute atomic E-state index is 14.5. The van der Waals surface area contributed by atoms with Gasteiger partial charge >= 0.3 is 0 Å². The number of nitriles is 1. The van der Waals surface area contributed by atoms with Crippen LogP contribution < -0.4 is 16.2 Å². The second kappa shape index (κ2) is 13.2. The molecule has 0 heterocycles. The molecule has 0 spiro atoms. The van der Waals surface area contributed by atoms with Crippen LogP contribution in [0.5, 0.6) is 5.75 Å². The van der Waals surface area contributed by atoms with Crippen molar-refractivity contribution in [1.29, 1.82) is 5.26 Å². The van der Waals surface area contributed by atoms with Gasteiger partial charge in [-0.05, 0) is 49.6 Å². The number of allylic oxidation sites excluding steroid dienone is 5. The molecule has 0 unspecified atom stereocenters. The van der Waals surface area contributed by atoms with Crippen molar-refractivity contribution in [3.05, 3.63) is 101 Å². The van der Waals surface area contributed by atoms with Crippen LogP contribution in [-0.4, -0.2) is 25.4 Å². The Morgan fingerprint density at radius 2 is 1.81 bits per heavy atom. The molecule has 0 amide bonds. The summed E-state index contributed by atoms with van der Waals surface area (Å²) in [7, 11) is 1.56. The summed E-state index contributed by atoms with van der Waals surface area (Å²) in [6, 6.07) is 16.4. The molecule has 0 bridgehead atoms. The zero-order chi connectivity index (χ0) is 26.7. The number of hydrogen-bond donors (Lipinski definition) is 2. The number of halogens is 2. The van der Waals surface area contributed by atoms with E-state index in [1.165, 1.54) is 12.2 Å². The van der Waals surface area contributed by atoms with Gasteiger partial charge in [0.1, 0.15) is 5.75 Å². The van der Waals surface area contributed by atoms with Crippen LogP contribution in [-0.2, 0) is 0 Å². The number of rotatable bonds is 9. The molecule has 0 aromatic heterocycles. The fourth-order valence-electron chi connectivity index (χ4n) is 3.17. The van der Waals surface area contributed by atoms with Crippen LogP contribution in [0.2, 0.25) is 0 Å². The fourth-order valence-corrected chi connectivity index (χ4v) is 3.17. The van der Waals surface area contributed by atoms with Crippen molar-refractivity contribution in [2.45, 2.75) is 33.1 Å². The van der Waals surface area contributed by atoms with E-state index >= 15 is 0 Å². The number of nitrogens with two attached hydrogens (primary N) is 2. The lowest BCUT2D eigenvalue weighted by molar-refractivity contribution is 0.0554. The van der Waals surface area contributed by atoms with Gasteiger partial charge in [0.2, 0.25) is 5.90 Å². The first-order valence-corrected chi connectivity index (χ1v) is 11.5. The van der Waals surface area contributed by atoms with Gasteiger partial charge < -0.3 is 16.2 Å². The third-order valence-electron chi connectivity index (χ3n) is 5.51. The molecule has 2 rings (SSSR count). The molecule has 2 aromatic rings. The van der Waals surface area contributed by atoms with Gasteiger partial charge in [-0.1, -0.05) is 61.1 Å². The largest absolute Gasteiger partial charge is 0.439 e. The molecule has 188 valence electrons. The zero-order valence-electron chi connectivity index (χ0n) is 21.1. The molecule has 36 heavy (non-hydrogen) atoms. The van der Waals surface area contributed by atoms with E-state index in [0.717, 1.165) is 11.1 Å². The number of aliphatic imine (C=N–C) groups is 1. The van der Waals surface area contributed by atoms with E-state index < -0.39 is 12.5 Å². The van der Waals surface area contributed by atoms with Crippen LogP contribution >= 0.6 is 0 Å². The Kier molecular flexibility index (Phi) is 10.3. The van der Waals surface area contributed by atoms with Gasteiger partial charge in [0.15, 0.2) is 0 Å². The Morgan fingerprint density at radius 3 is 2.39 bits per heavy atom. The van der Waals surface area contributed by atoms with E-state index in [4.69, 9.17) is 16.2 Å². The van der Waals surface area contributed by atoms with E-state index in [1.54, 1.807) is 51.2 Å². The van der Waals surface area contributed by atoms with Crippen LogP contribution in [0, 0.1) is 11.3 Å². The van der Waals surface area contributed by atoms with Gasteiger partial charge in [0.05, 0.1) is 18.2 Å². The Morgan fingerprint density at radius 1 is 1.11 bits per heavy atom. The molecule has 0 saturated heterocycles. The van der Waals surface area contributed by atoms with Crippen molar-refractivity contribution in [3.8, 4) is 11.8 Å². The van der Waals surface area contributed by atoms with E-state index in [-0.39, 0.29) is 11.5 Å². The second-order valence-electron chi connectivity index (χ2n) is 8.18. The molecule has 0 aliphatic carbocycles. The van der Waals surface area contributed by atoms with Gasteiger partial charge in [-0.25, -0.2) is 0 Å². The average molecular weight is 491 g/mol. The van der Waals surface area contributed by atoms with Crippen LogP contribution in [0.1, 0.15) is 43.9 Å². The van der Waals surface area contributed by atoms with E-state index in [1.807, 2.05) is 37.3 Å². The molecule has 0 saturated carbocycles. The highest BCUT2D eigenvalue weighted by molar-refractivity contribution is 5.96. The minimum Gasteiger partial charge on any atom is -0.439 e. The number of alkyl halides is 2. The molecule has 0 fully saturated rings. The molecule has 5 nitrogen and oxygen atoms in total. The molecule has 0 aliphatic rings. The van der Waals surface area contributed by atoms with Crippen LogP contribution in [0.25, 0.3) is 11.3 Å². The van der Waals surface area contributed by atoms with Gasteiger partial charge in [0.25, 0.3) is 5.92 Å². The summed E-state index contributed by atoms with van der Waals surface area (Å²) in [5.74, 6) is -2.59. The SMILES string of the molecule is CC/C(C)=C/C(=C\C=C(/C)c1ccc(C#N)cc1OC(C=C(N)c1ccccc1)=NC)C(F)(F)CN.